The molecule has 0 amide bonds. The zero-order valence-electron chi connectivity index (χ0n) is 21.2. The molecule has 2 aliphatic rings. The molecular weight excluding hydrogens is 566 g/mol. The third-order valence-electron chi connectivity index (χ3n) is 6.75. The summed E-state index contributed by atoms with van der Waals surface area (Å²) in [6.45, 7) is 5.67. The summed E-state index contributed by atoms with van der Waals surface area (Å²) in [5, 5.41) is 24.7. The molecule has 18 nitrogen and oxygen atoms in total. The van der Waals surface area contributed by atoms with Crippen LogP contribution in [-0.4, -0.2) is 86.3 Å². The zero-order chi connectivity index (χ0) is 29.1. The molecule has 39 heavy (non-hydrogen) atoms. The predicted octanol–water partition coefficient (Wildman–Crippen LogP) is 0.0295. The number of imidazole rings is 1. The molecule has 0 spiro atoms. The number of aliphatic hydroxyl groups is 1. The number of nitrogens with zero attached hydrogens (tertiary/aromatic N) is 5. The van der Waals surface area contributed by atoms with E-state index < -0.39 is 69.8 Å². The number of hydrogen-bond donors (Lipinski definition) is 5. The number of hydrogen-bond acceptors (Lipinski definition) is 13. The van der Waals surface area contributed by atoms with E-state index >= 15 is 0 Å². The summed E-state index contributed by atoms with van der Waals surface area (Å²) in [4.78, 5) is 52.7. The Morgan fingerprint density at radius 3 is 2.46 bits per heavy atom. The summed E-state index contributed by atoms with van der Waals surface area (Å²) in [7, 11) is -10.7. The molecule has 2 saturated heterocycles. The fourth-order valence-electron chi connectivity index (χ4n) is 4.93. The number of carbonyl (C=O) groups is 1. The van der Waals surface area contributed by atoms with Gasteiger partial charge in [-0.15, -0.1) is 10.3 Å². The fourth-order valence-corrected chi connectivity index (χ4v) is 6.53. The lowest BCUT2D eigenvalue weighted by Gasteiger charge is -2.33. The van der Waals surface area contributed by atoms with E-state index in [0.29, 0.717) is 0 Å². The number of nitrogen functional groups attached to an aromatic ring is 1. The van der Waals surface area contributed by atoms with Gasteiger partial charge in [0.2, 0.25) is 0 Å². The van der Waals surface area contributed by atoms with Gasteiger partial charge in [-0.25, -0.2) is 24.1 Å². The summed E-state index contributed by atoms with van der Waals surface area (Å²) in [6, 6.07) is 0. The summed E-state index contributed by atoms with van der Waals surface area (Å²) >= 11 is 0. The van der Waals surface area contributed by atoms with Crippen molar-refractivity contribution in [3.05, 3.63) is 12.7 Å². The number of hydroxylamine groups is 2. The first-order valence-corrected chi connectivity index (χ1v) is 14.6. The molecule has 0 saturated carbocycles. The maximum Gasteiger partial charge on any atom is 0.481 e. The van der Waals surface area contributed by atoms with Crippen LogP contribution in [-0.2, 0) is 37.4 Å². The molecule has 6 atom stereocenters. The van der Waals surface area contributed by atoms with Crippen LogP contribution in [0, 0.1) is 5.92 Å². The highest BCUT2D eigenvalue weighted by Gasteiger charge is 2.57. The fraction of sp³-hybridized carbons (Fsp3) is 0.684. The van der Waals surface area contributed by atoms with E-state index in [9.17, 15) is 29.1 Å². The van der Waals surface area contributed by atoms with Crippen LogP contribution in [0.3, 0.4) is 0 Å². The molecule has 6 N–H and O–H groups in total. The van der Waals surface area contributed by atoms with Crippen LogP contribution in [0.2, 0.25) is 0 Å². The van der Waals surface area contributed by atoms with Crippen molar-refractivity contribution in [2.45, 2.75) is 69.7 Å². The van der Waals surface area contributed by atoms with E-state index in [2.05, 4.69) is 23.8 Å². The number of carbonyl (C=O) groups excluding carboxylic acids is 1. The molecule has 2 aromatic heterocycles. The zero-order valence-corrected chi connectivity index (χ0v) is 23.0. The minimum atomic E-state index is -5.40. The Labute approximate surface area is 221 Å². The van der Waals surface area contributed by atoms with E-state index in [1.165, 1.54) is 10.9 Å². The predicted molar refractivity (Wildman–Crippen MR) is 127 cm³/mol. The second-order valence-corrected chi connectivity index (χ2v) is 13.2. The highest BCUT2D eigenvalue weighted by molar-refractivity contribution is 7.60. The van der Waals surface area contributed by atoms with Crippen molar-refractivity contribution in [2.75, 3.05) is 12.3 Å². The molecule has 2 unspecified atom stereocenters. The smallest absolute Gasteiger partial charge is 0.454 e. The molecule has 217 valence electrons. The van der Waals surface area contributed by atoms with Crippen LogP contribution < -0.4 is 5.73 Å². The Bertz CT molecular complexity index is 1350. The van der Waals surface area contributed by atoms with Crippen molar-refractivity contribution in [3.8, 4) is 0 Å². The number of aromatic nitrogens is 4. The van der Waals surface area contributed by atoms with Crippen LogP contribution in [0.15, 0.2) is 12.7 Å². The topological polar surface area (TPSA) is 262 Å². The van der Waals surface area contributed by atoms with Gasteiger partial charge in [-0.2, -0.15) is 4.31 Å². The van der Waals surface area contributed by atoms with Crippen LogP contribution in [0.4, 0.5) is 5.82 Å². The molecule has 0 aliphatic carbocycles. The molecule has 0 bridgehead atoms. The molecule has 2 aromatic rings. The quantitative estimate of drug-likeness (QED) is 0.199. The number of fused-ring (bicyclic) bond motifs is 1. The van der Waals surface area contributed by atoms with Crippen LogP contribution in [0.1, 0.15) is 40.3 Å². The van der Waals surface area contributed by atoms with Crippen LogP contribution in [0.25, 0.3) is 11.2 Å². The average molecular weight is 595 g/mol. The minimum absolute atomic E-state index is 0.0343. The second-order valence-electron chi connectivity index (χ2n) is 10.4. The number of rotatable bonds is 8. The Balaban J connectivity index is 1.63. The number of phosphoric acid groups is 2. The summed E-state index contributed by atoms with van der Waals surface area (Å²) in [5.41, 5.74) is 4.15. The van der Waals surface area contributed by atoms with Crippen molar-refractivity contribution in [1.29, 1.82) is 0 Å². The third-order valence-corrected chi connectivity index (χ3v) is 8.90. The Morgan fingerprint density at radius 1 is 1.21 bits per heavy atom. The first kappa shape index (κ1) is 29.9. The van der Waals surface area contributed by atoms with E-state index in [4.69, 9.17) is 25.0 Å². The van der Waals surface area contributed by atoms with Gasteiger partial charge in [-0.1, -0.05) is 0 Å². The van der Waals surface area contributed by atoms with Crippen LogP contribution >= 0.6 is 15.6 Å². The van der Waals surface area contributed by atoms with Gasteiger partial charge >= 0.3 is 21.6 Å². The largest absolute Gasteiger partial charge is 0.481 e. The first-order chi connectivity index (χ1) is 17.8. The number of anilines is 1. The van der Waals surface area contributed by atoms with Gasteiger partial charge < -0.3 is 35.0 Å². The lowest BCUT2D eigenvalue weighted by atomic mass is 9.87. The Kier molecular flexibility index (Phi) is 7.73. The molecule has 4 rings (SSSR count). The molecule has 1 radical (unpaired) electrons. The summed E-state index contributed by atoms with van der Waals surface area (Å²) < 4.78 is 44.0. The number of aliphatic hydroxyl groups excluding tert-OH is 1. The Hall–Kier alpha value is -2.08. The van der Waals surface area contributed by atoms with E-state index in [1.807, 2.05) is 0 Å². The van der Waals surface area contributed by atoms with Crippen molar-refractivity contribution in [1.82, 2.24) is 24.6 Å². The number of nitrogens with two attached hydrogens (primary N) is 1. The van der Waals surface area contributed by atoms with Gasteiger partial charge in [0.15, 0.2) is 23.8 Å². The lowest BCUT2D eigenvalue weighted by molar-refractivity contribution is -0.249. The third kappa shape index (κ3) is 5.87. The van der Waals surface area contributed by atoms with Crippen molar-refractivity contribution in [3.63, 3.8) is 0 Å². The normalized spacial score (nSPS) is 30.4. The molecule has 2 fully saturated rings. The standard InChI is InChI=1S/C19H29N6O12P2/c1-18(2)5-9(19(3,4)25(18)28)17(27)36-13-12(26)10(6-34-39(32,33)37-38(29,30)31)35-16(13)24-8-23-11-14(20)21-7-22-15(11)24/h7-10,12-13,16,26H,5-6H2,1-4H3,(H,32,33)(H2,20,21,22)(H2,29,30,31)/t9?,10-,12-,13-,16-/m1/s1. The van der Waals surface area contributed by atoms with E-state index in [0.717, 1.165) is 11.4 Å². The summed E-state index contributed by atoms with van der Waals surface area (Å²) in [6.07, 6.45) is -3.39. The van der Waals surface area contributed by atoms with Crippen molar-refractivity contribution in [2.24, 2.45) is 5.92 Å². The van der Waals surface area contributed by atoms with Gasteiger partial charge in [-0.3, -0.25) is 13.9 Å². The SMILES string of the molecule is CC1(C)CC(C(=O)O[C@@H]2[C@H](O)[C@@H](COP(=O)(O)OP(=O)(O)O)O[C@H]2n2cnc3c(N)ncnc32)C(C)(C)N1[O]. The highest BCUT2D eigenvalue weighted by atomic mass is 31.3. The van der Waals surface area contributed by atoms with E-state index in [-0.39, 0.29) is 23.4 Å². The Morgan fingerprint density at radius 2 is 1.87 bits per heavy atom. The maximum atomic E-state index is 13.4. The van der Waals surface area contributed by atoms with Crippen molar-refractivity contribution < 1.29 is 57.2 Å². The van der Waals surface area contributed by atoms with Crippen molar-refractivity contribution >= 4 is 38.6 Å². The highest BCUT2D eigenvalue weighted by Crippen LogP contribution is 2.57. The monoisotopic (exact) mass is 595 g/mol. The molecule has 2 aliphatic heterocycles. The van der Waals surface area contributed by atoms with Gasteiger partial charge in [0.25, 0.3) is 0 Å². The van der Waals surface area contributed by atoms with E-state index in [1.54, 1.807) is 27.7 Å². The second kappa shape index (κ2) is 10.1. The van der Waals surface area contributed by atoms with Gasteiger partial charge in [0.05, 0.1) is 24.4 Å². The maximum absolute atomic E-state index is 13.4. The van der Waals surface area contributed by atoms with Crippen LogP contribution in [0.5, 0.6) is 0 Å². The lowest BCUT2D eigenvalue weighted by Crippen LogP contribution is -2.48. The molecule has 20 heteroatoms. The number of ether oxygens (including phenoxy) is 2. The molecule has 4 heterocycles. The number of phosphoric ester groups is 1. The average Bonchev–Trinajstić information content (AvgIpc) is 3.40. The first-order valence-electron chi connectivity index (χ1n) is 11.5. The van der Waals surface area contributed by atoms with Gasteiger partial charge in [0.1, 0.15) is 24.1 Å². The van der Waals surface area contributed by atoms with Gasteiger partial charge in [0, 0.05) is 5.54 Å². The molecular formula is C19H29N6O12P2. The number of esters is 1. The molecule has 0 aromatic carbocycles. The minimum Gasteiger partial charge on any atom is -0.454 e. The summed E-state index contributed by atoms with van der Waals surface area (Å²) in [5.74, 6) is -1.66. The van der Waals surface area contributed by atoms with Gasteiger partial charge in [-0.05, 0) is 34.1 Å².